The van der Waals surface area contributed by atoms with Crippen LogP contribution in [0.15, 0.2) is 24.3 Å². The first-order valence-electron chi connectivity index (χ1n) is 7.40. The van der Waals surface area contributed by atoms with E-state index in [1.165, 1.54) is 11.3 Å². The number of hydrogen-bond donors (Lipinski definition) is 1. The minimum Gasteiger partial charge on any atom is -0.369 e. The molecular weight excluding hydrogens is 252 g/mol. The predicted molar refractivity (Wildman–Crippen MR) is 79.8 cm³/mol. The van der Waals surface area contributed by atoms with E-state index in [4.69, 9.17) is 15.2 Å². The van der Waals surface area contributed by atoms with Crippen molar-refractivity contribution in [3.05, 3.63) is 29.8 Å². The van der Waals surface area contributed by atoms with E-state index in [0.29, 0.717) is 5.92 Å². The quantitative estimate of drug-likeness (QED) is 0.894. The van der Waals surface area contributed by atoms with Crippen molar-refractivity contribution in [2.75, 3.05) is 31.2 Å². The molecule has 4 heteroatoms. The number of benzene rings is 1. The lowest BCUT2D eigenvalue weighted by Crippen LogP contribution is -2.48. The molecule has 20 heavy (non-hydrogen) atoms. The normalized spacial score (nSPS) is 26.4. The summed E-state index contributed by atoms with van der Waals surface area (Å²) in [6.45, 7) is 7.30. The molecule has 1 fully saturated rings. The second-order valence-electron chi connectivity index (χ2n) is 6.39. The van der Waals surface area contributed by atoms with Crippen molar-refractivity contribution in [3.63, 3.8) is 0 Å². The van der Waals surface area contributed by atoms with Crippen LogP contribution in [0.1, 0.15) is 19.4 Å². The molecule has 0 amide bonds. The number of nitrogens with zero attached hydrogens (tertiary/aromatic N) is 1. The van der Waals surface area contributed by atoms with Crippen LogP contribution in [-0.4, -0.2) is 38.1 Å². The fourth-order valence-corrected chi connectivity index (χ4v) is 3.04. The number of para-hydroxylation sites is 1. The maximum absolute atomic E-state index is 6.18. The van der Waals surface area contributed by atoms with Gasteiger partial charge in [0.05, 0.1) is 13.2 Å². The van der Waals surface area contributed by atoms with Crippen LogP contribution in [-0.2, 0) is 15.9 Å². The Bertz CT molecular complexity index is 465. The molecule has 0 saturated carbocycles. The minimum absolute atomic E-state index is 0.215. The second kappa shape index (κ2) is 5.35. The monoisotopic (exact) mass is 276 g/mol. The first-order chi connectivity index (χ1) is 9.53. The zero-order valence-electron chi connectivity index (χ0n) is 12.3. The maximum atomic E-state index is 6.18. The van der Waals surface area contributed by atoms with E-state index in [1.54, 1.807) is 0 Å². The van der Waals surface area contributed by atoms with Gasteiger partial charge in [-0.3, -0.25) is 0 Å². The molecule has 0 spiro atoms. The number of nitrogens with two attached hydrogens (primary N) is 1. The zero-order chi connectivity index (χ0) is 14.2. The van der Waals surface area contributed by atoms with Gasteiger partial charge in [-0.25, -0.2) is 0 Å². The molecule has 2 aliphatic heterocycles. The van der Waals surface area contributed by atoms with Crippen LogP contribution in [0.4, 0.5) is 5.69 Å². The first-order valence-corrected chi connectivity index (χ1v) is 7.40. The van der Waals surface area contributed by atoms with Crippen molar-refractivity contribution in [1.82, 2.24) is 0 Å². The van der Waals surface area contributed by atoms with Gasteiger partial charge in [-0.2, -0.15) is 0 Å². The lowest BCUT2D eigenvalue weighted by molar-refractivity contribution is -0.260. The fraction of sp³-hybridized carbons (Fsp3) is 0.625. The van der Waals surface area contributed by atoms with Gasteiger partial charge < -0.3 is 20.1 Å². The summed E-state index contributed by atoms with van der Waals surface area (Å²) in [6, 6.07) is 8.77. The third-order valence-electron chi connectivity index (χ3n) is 4.08. The van der Waals surface area contributed by atoms with E-state index in [-0.39, 0.29) is 6.04 Å². The molecule has 1 aromatic carbocycles. The Morgan fingerprint density at radius 3 is 2.70 bits per heavy atom. The van der Waals surface area contributed by atoms with Crippen molar-refractivity contribution in [1.29, 1.82) is 0 Å². The highest BCUT2D eigenvalue weighted by Gasteiger charge is 2.31. The molecular formula is C16H24N2O2. The molecule has 110 valence electrons. The van der Waals surface area contributed by atoms with Crippen LogP contribution in [0.3, 0.4) is 0 Å². The second-order valence-corrected chi connectivity index (χ2v) is 6.39. The van der Waals surface area contributed by atoms with Gasteiger partial charge in [0.2, 0.25) is 0 Å². The lowest BCUT2D eigenvalue weighted by Gasteiger charge is -2.40. The van der Waals surface area contributed by atoms with Crippen molar-refractivity contribution in [2.24, 2.45) is 11.7 Å². The van der Waals surface area contributed by atoms with Crippen LogP contribution < -0.4 is 10.6 Å². The summed E-state index contributed by atoms with van der Waals surface area (Å²) in [4.78, 5) is 2.39. The Morgan fingerprint density at radius 2 is 1.95 bits per heavy atom. The van der Waals surface area contributed by atoms with Crippen molar-refractivity contribution in [2.45, 2.75) is 32.1 Å². The zero-order valence-corrected chi connectivity index (χ0v) is 12.3. The third kappa shape index (κ3) is 2.97. The summed E-state index contributed by atoms with van der Waals surface area (Å²) >= 11 is 0. The molecule has 4 nitrogen and oxygen atoms in total. The molecule has 2 aliphatic rings. The predicted octanol–water partition coefficient (Wildman–Crippen LogP) is 1.78. The van der Waals surface area contributed by atoms with E-state index < -0.39 is 5.79 Å². The molecule has 2 N–H and O–H groups in total. The van der Waals surface area contributed by atoms with Gasteiger partial charge in [0, 0.05) is 30.7 Å². The summed E-state index contributed by atoms with van der Waals surface area (Å²) in [5.74, 6) is -0.0337. The van der Waals surface area contributed by atoms with Crippen molar-refractivity contribution < 1.29 is 9.47 Å². The maximum Gasteiger partial charge on any atom is 0.162 e. The van der Waals surface area contributed by atoms with Gasteiger partial charge in [0.1, 0.15) is 0 Å². The molecule has 1 saturated heterocycles. The number of ether oxygens (including phenoxy) is 2. The Labute approximate surface area is 120 Å². The molecule has 0 radical (unpaired) electrons. The average Bonchev–Trinajstić information content (AvgIpc) is 2.41. The van der Waals surface area contributed by atoms with Crippen LogP contribution in [0, 0.1) is 5.92 Å². The van der Waals surface area contributed by atoms with E-state index >= 15 is 0 Å². The van der Waals surface area contributed by atoms with Gasteiger partial charge in [-0.1, -0.05) is 18.2 Å². The van der Waals surface area contributed by atoms with E-state index in [1.807, 2.05) is 13.8 Å². The smallest absolute Gasteiger partial charge is 0.162 e. The van der Waals surface area contributed by atoms with Crippen LogP contribution in [0.2, 0.25) is 0 Å². The van der Waals surface area contributed by atoms with Crippen LogP contribution in [0.25, 0.3) is 0 Å². The lowest BCUT2D eigenvalue weighted by atomic mass is 9.97. The van der Waals surface area contributed by atoms with Crippen LogP contribution in [0.5, 0.6) is 0 Å². The standard InChI is InChI=1S/C16H24N2O2/c1-16(2)19-10-12(11-20-16)8-18-9-14(17)7-13-5-3-4-6-15(13)18/h3-6,12,14H,7-11,17H2,1-2H3. The molecule has 1 unspecified atom stereocenters. The van der Waals surface area contributed by atoms with E-state index in [2.05, 4.69) is 29.2 Å². The van der Waals surface area contributed by atoms with Gasteiger partial charge in [0.15, 0.2) is 5.79 Å². The Balaban J connectivity index is 1.69. The highest BCUT2D eigenvalue weighted by molar-refractivity contribution is 5.56. The summed E-state index contributed by atoms with van der Waals surface area (Å²) in [5, 5.41) is 0. The molecule has 0 bridgehead atoms. The topological polar surface area (TPSA) is 47.7 Å². The van der Waals surface area contributed by atoms with Gasteiger partial charge in [-0.15, -0.1) is 0 Å². The first kappa shape index (κ1) is 13.9. The van der Waals surface area contributed by atoms with Gasteiger partial charge in [-0.05, 0) is 31.9 Å². The number of rotatable bonds is 2. The number of fused-ring (bicyclic) bond motifs is 1. The molecule has 2 heterocycles. The molecule has 0 aromatic heterocycles. The van der Waals surface area contributed by atoms with Crippen molar-refractivity contribution >= 4 is 5.69 Å². The Morgan fingerprint density at radius 1 is 1.25 bits per heavy atom. The van der Waals surface area contributed by atoms with Crippen LogP contribution >= 0.6 is 0 Å². The molecule has 1 aromatic rings. The number of anilines is 1. The highest BCUT2D eigenvalue weighted by Crippen LogP contribution is 2.28. The molecule has 1 atom stereocenters. The SMILES string of the molecule is CC1(C)OCC(CN2CC(N)Cc3ccccc32)CO1. The average molecular weight is 276 g/mol. The van der Waals surface area contributed by atoms with Crippen molar-refractivity contribution in [3.8, 4) is 0 Å². The van der Waals surface area contributed by atoms with Gasteiger partial charge in [0.25, 0.3) is 0 Å². The summed E-state index contributed by atoms with van der Waals surface area (Å²) < 4.78 is 11.5. The third-order valence-corrected chi connectivity index (χ3v) is 4.08. The van der Waals surface area contributed by atoms with E-state index in [0.717, 1.165) is 32.7 Å². The summed E-state index contributed by atoms with van der Waals surface area (Å²) in [7, 11) is 0. The fourth-order valence-electron chi connectivity index (χ4n) is 3.04. The molecule has 3 rings (SSSR count). The minimum atomic E-state index is -0.438. The Hall–Kier alpha value is -1.10. The summed E-state index contributed by atoms with van der Waals surface area (Å²) in [6.07, 6.45) is 0.970. The largest absolute Gasteiger partial charge is 0.369 e. The Kier molecular flexibility index (Phi) is 3.71. The highest BCUT2D eigenvalue weighted by atomic mass is 16.7. The van der Waals surface area contributed by atoms with E-state index in [9.17, 15) is 0 Å². The van der Waals surface area contributed by atoms with Gasteiger partial charge >= 0.3 is 0 Å². The molecule has 0 aliphatic carbocycles. The number of hydrogen-bond acceptors (Lipinski definition) is 4. The summed E-state index contributed by atoms with van der Waals surface area (Å²) in [5.41, 5.74) is 8.85.